The maximum Gasteiger partial charge on any atom is 0.357 e. The van der Waals surface area contributed by atoms with Crippen LogP contribution in [0.4, 0.5) is 10.3 Å². The Hall–Kier alpha value is -5.29. The van der Waals surface area contributed by atoms with E-state index in [1.165, 1.54) is 29.8 Å². The van der Waals surface area contributed by atoms with Crippen LogP contribution in [0.15, 0.2) is 66.7 Å². The van der Waals surface area contributed by atoms with Gasteiger partial charge in [0.15, 0.2) is 16.0 Å². The summed E-state index contributed by atoms with van der Waals surface area (Å²) < 4.78 is 17.8. The molecular weight excluding hydrogens is 807 g/mol. The third-order valence-corrected chi connectivity index (χ3v) is 13.8. The Balaban J connectivity index is 0.795. The average Bonchev–Trinajstić information content (AvgIpc) is 3.85. The second-order valence-corrected chi connectivity index (χ2v) is 19.2. The summed E-state index contributed by atoms with van der Waals surface area (Å²) in [7, 11) is 1.38. The second-order valence-electron chi connectivity index (χ2n) is 17.1. The first-order valence-electron chi connectivity index (χ1n) is 21.3. The van der Waals surface area contributed by atoms with E-state index >= 15 is 0 Å². The summed E-state index contributed by atoms with van der Waals surface area (Å²) in [6.45, 7) is 9.61. The van der Waals surface area contributed by atoms with E-state index in [1.807, 2.05) is 81.4 Å². The number of amides is 1. The van der Waals surface area contributed by atoms with Crippen LogP contribution in [0.1, 0.15) is 102 Å². The van der Waals surface area contributed by atoms with Crippen LogP contribution in [0.5, 0.6) is 5.75 Å². The number of likely N-dealkylation sites (tertiary alicyclic amines) is 1. The van der Waals surface area contributed by atoms with Gasteiger partial charge in [-0.15, -0.1) is 11.3 Å². The molecule has 0 atom stereocenters. The lowest BCUT2D eigenvalue weighted by Gasteiger charge is -2.45. The van der Waals surface area contributed by atoms with E-state index in [2.05, 4.69) is 38.0 Å². The van der Waals surface area contributed by atoms with E-state index in [-0.39, 0.29) is 17.8 Å². The van der Waals surface area contributed by atoms with E-state index in [0.717, 1.165) is 94.3 Å². The molecule has 2 fully saturated rings. The van der Waals surface area contributed by atoms with Gasteiger partial charge in [-0.05, 0) is 138 Å². The van der Waals surface area contributed by atoms with Crippen molar-refractivity contribution < 1.29 is 28.6 Å². The minimum atomic E-state index is -0.461. The van der Waals surface area contributed by atoms with Gasteiger partial charge in [-0.3, -0.25) is 14.9 Å². The monoisotopic (exact) mass is 859 g/mol. The number of carbonyl (C=O) groups excluding carboxylic acids is 3. The van der Waals surface area contributed by atoms with Gasteiger partial charge in [0.25, 0.3) is 5.91 Å². The van der Waals surface area contributed by atoms with Crippen molar-refractivity contribution in [2.24, 2.45) is 11.8 Å². The molecule has 0 radical (unpaired) electrons. The molecular formula is C48H53N5O6S2. The van der Waals surface area contributed by atoms with Crippen LogP contribution >= 0.6 is 22.7 Å². The quantitative estimate of drug-likeness (QED) is 0.0739. The molecule has 0 spiro atoms. The van der Waals surface area contributed by atoms with Gasteiger partial charge in [-0.2, -0.15) is 0 Å². The van der Waals surface area contributed by atoms with Crippen LogP contribution in [-0.2, 0) is 33.7 Å². The number of aromatic nitrogens is 2. The third kappa shape index (κ3) is 10.4. The van der Waals surface area contributed by atoms with Crippen molar-refractivity contribution in [3.63, 3.8) is 0 Å². The number of nitrogens with one attached hydrogen (secondary N) is 1. The molecule has 13 heteroatoms. The predicted molar refractivity (Wildman–Crippen MR) is 241 cm³/mol. The van der Waals surface area contributed by atoms with E-state index in [0.29, 0.717) is 60.9 Å². The van der Waals surface area contributed by atoms with Crippen molar-refractivity contribution in [1.29, 1.82) is 0 Å². The first-order chi connectivity index (χ1) is 29.5. The van der Waals surface area contributed by atoms with Gasteiger partial charge in [0, 0.05) is 41.6 Å². The minimum Gasteiger partial charge on any atom is -0.494 e. The van der Waals surface area contributed by atoms with E-state index in [9.17, 15) is 14.4 Å². The molecule has 1 N–H and O–H groups in total. The number of fused-ring (bicyclic) bond motifs is 2. The van der Waals surface area contributed by atoms with Crippen molar-refractivity contribution in [3.8, 4) is 17.6 Å². The van der Waals surface area contributed by atoms with Gasteiger partial charge < -0.3 is 24.0 Å². The summed E-state index contributed by atoms with van der Waals surface area (Å²) in [5, 5.41) is 4.31. The molecule has 318 valence electrons. The zero-order valence-corrected chi connectivity index (χ0v) is 37.0. The maximum absolute atomic E-state index is 13.6. The fourth-order valence-electron chi connectivity index (χ4n) is 8.29. The SMILES string of the molecule is COC(=O)c1nc(N2CCc3cccc(C(=O)Nc4nc5ccccc5s4)c3C2)sc1CCCOc1ccc(C#CCC2CCN(C3CC(C(=O)OC(C)(C)C)C3)CC2)cc1. The van der Waals surface area contributed by atoms with Crippen molar-refractivity contribution in [3.05, 3.63) is 99.6 Å². The molecule has 0 bridgehead atoms. The van der Waals surface area contributed by atoms with E-state index in [1.54, 1.807) is 0 Å². The van der Waals surface area contributed by atoms with Gasteiger partial charge in [0.05, 0.1) is 29.9 Å². The number of hydrogen-bond donors (Lipinski definition) is 1. The van der Waals surface area contributed by atoms with E-state index in [4.69, 9.17) is 19.2 Å². The lowest BCUT2D eigenvalue weighted by molar-refractivity contribution is -0.165. The Morgan fingerprint density at radius 1 is 0.934 bits per heavy atom. The Kier molecular flexibility index (Phi) is 13.0. The summed E-state index contributed by atoms with van der Waals surface area (Å²) in [5.41, 5.74) is 4.42. The highest BCUT2D eigenvalue weighted by Gasteiger charge is 2.41. The molecule has 1 saturated heterocycles. The van der Waals surface area contributed by atoms with Crippen LogP contribution in [0.3, 0.4) is 0 Å². The van der Waals surface area contributed by atoms with Crippen molar-refractivity contribution in [1.82, 2.24) is 14.9 Å². The zero-order valence-electron chi connectivity index (χ0n) is 35.3. The largest absolute Gasteiger partial charge is 0.494 e. The highest BCUT2D eigenvalue weighted by atomic mass is 32.1. The van der Waals surface area contributed by atoms with Crippen molar-refractivity contribution in [2.45, 2.75) is 90.3 Å². The molecule has 2 aliphatic heterocycles. The van der Waals surface area contributed by atoms with Crippen LogP contribution in [0.25, 0.3) is 10.2 Å². The number of esters is 2. The third-order valence-electron chi connectivity index (χ3n) is 11.7. The van der Waals surface area contributed by atoms with Crippen LogP contribution < -0.4 is 15.0 Å². The minimum absolute atomic E-state index is 0.0467. The molecule has 1 amide bonds. The number of nitrogens with zero attached hydrogens (tertiary/aromatic N) is 4. The lowest BCUT2D eigenvalue weighted by atomic mass is 9.78. The summed E-state index contributed by atoms with van der Waals surface area (Å²) >= 11 is 2.95. The molecule has 3 aromatic carbocycles. The number of ether oxygens (including phenoxy) is 3. The number of carbonyl (C=O) groups is 3. The molecule has 11 nitrogen and oxygen atoms in total. The molecule has 1 saturated carbocycles. The van der Waals surface area contributed by atoms with Gasteiger partial charge in [0.1, 0.15) is 11.4 Å². The normalized spacial score (nSPS) is 18.1. The Morgan fingerprint density at radius 2 is 1.72 bits per heavy atom. The Labute approximate surface area is 365 Å². The second kappa shape index (κ2) is 18.8. The highest BCUT2D eigenvalue weighted by molar-refractivity contribution is 7.22. The first kappa shape index (κ1) is 42.4. The number of piperidine rings is 1. The molecule has 3 aliphatic rings. The highest BCUT2D eigenvalue weighted by Crippen LogP contribution is 2.37. The van der Waals surface area contributed by atoms with Crippen LogP contribution in [-0.4, -0.2) is 77.7 Å². The molecule has 1 aliphatic carbocycles. The van der Waals surface area contributed by atoms with Gasteiger partial charge in [0.2, 0.25) is 0 Å². The number of hydrogen-bond acceptors (Lipinski definition) is 12. The zero-order chi connectivity index (χ0) is 42.5. The fourth-order valence-corrected chi connectivity index (χ4v) is 10.3. The van der Waals surface area contributed by atoms with Crippen LogP contribution in [0, 0.1) is 23.7 Å². The number of aryl methyl sites for hydroxylation is 1. The molecule has 8 rings (SSSR count). The Bertz CT molecular complexity index is 2400. The van der Waals surface area contributed by atoms with Crippen molar-refractivity contribution >= 4 is 61.0 Å². The van der Waals surface area contributed by atoms with Gasteiger partial charge in [-0.25, -0.2) is 14.8 Å². The standard InChI is InChI=1S/C48H53N5O6S2/c1-48(2,3)59-44(55)34-28-35(29-34)52-24-21-32(22-25-52)11-7-10-31-17-19-36(20-18-31)58-27-9-16-41-42(45(56)57-4)50-47(61-41)53-26-23-33-12-8-13-37(38(33)30-53)43(54)51-46-49-39-14-5-6-15-40(39)60-46/h5-6,8,12-15,17-20,32,34-35H,9,11,16,21-30H2,1-4H3,(H,49,51,54). The summed E-state index contributed by atoms with van der Waals surface area (Å²) in [6, 6.07) is 22.1. The molecule has 2 aromatic heterocycles. The van der Waals surface area contributed by atoms with E-state index < -0.39 is 11.6 Å². The molecule has 0 unspecified atom stereocenters. The summed E-state index contributed by atoms with van der Waals surface area (Å²) in [5.74, 6) is 7.46. The predicted octanol–water partition coefficient (Wildman–Crippen LogP) is 8.94. The Morgan fingerprint density at radius 3 is 2.48 bits per heavy atom. The number of methoxy groups -OCH3 is 1. The maximum atomic E-state index is 13.6. The van der Waals surface area contributed by atoms with Gasteiger partial charge in [-0.1, -0.05) is 47.4 Å². The fraction of sp³-hybridized carbons (Fsp3) is 0.438. The number of rotatable bonds is 12. The molecule has 4 heterocycles. The topological polar surface area (TPSA) is 123 Å². The van der Waals surface area contributed by atoms with Crippen LogP contribution in [0.2, 0.25) is 0 Å². The van der Waals surface area contributed by atoms with Crippen molar-refractivity contribution in [2.75, 3.05) is 43.6 Å². The smallest absolute Gasteiger partial charge is 0.357 e. The summed E-state index contributed by atoms with van der Waals surface area (Å²) in [4.78, 5) is 53.7. The number of anilines is 2. The number of benzene rings is 3. The lowest BCUT2D eigenvalue weighted by Crippen LogP contribution is -2.50. The average molecular weight is 860 g/mol. The first-order valence-corrected chi connectivity index (χ1v) is 22.9. The molecule has 61 heavy (non-hydrogen) atoms. The van der Waals surface area contributed by atoms with Gasteiger partial charge >= 0.3 is 11.9 Å². The number of para-hydroxylation sites is 1. The number of thiazole rings is 2. The molecule has 5 aromatic rings. The summed E-state index contributed by atoms with van der Waals surface area (Å²) in [6.07, 6.45) is 7.04.